The molecule has 2 heteroatoms. The third kappa shape index (κ3) is 3.18. The molecular weight excluding hydrogens is 188 g/mol. The monoisotopic (exact) mass is 212 g/mol. The molecule has 0 aliphatic heterocycles. The van der Waals surface area contributed by atoms with Crippen molar-refractivity contribution in [3.05, 3.63) is 0 Å². The minimum atomic E-state index is -0.436. The first-order chi connectivity index (χ1) is 7.09. The minimum absolute atomic E-state index is 0.421. The van der Waals surface area contributed by atoms with E-state index in [1.807, 2.05) is 0 Å². The van der Waals surface area contributed by atoms with Crippen LogP contribution in [0.2, 0.25) is 0 Å². The molecule has 0 unspecified atom stereocenters. The molecule has 0 radical (unpaired) electrons. The van der Waals surface area contributed by atoms with E-state index in [1.165, 1.54) is 25.7 Å². The van der Waals surface area contributed by atoms with E-state index in [2.05, 4.69) is 13.8 Å². The second-order valence-electron chi connectivity index (χ2n) is 5.82. The Hall–Kier alpha value is -0.0800. The number of hydrogen-bond donors (Lipinski definition) is 1. The third-order valence-corrected chi connectivity index (χ3v) is 4.08. The van der Waals surface area contributed by atoms with Crippen LogP contribution < -0.4 is 0 Å². The van der Waals surface area contributed by atoms with Gasteiger partial charge in [0.2, 0.25) is 0 Å². The molecule has 0 aromatic carbocycles. The Morgan fingerprint density at radius 3 is 2.27 bits per heavy atom. The van der Waals surface area contributed by atoms with Gasteiger partial charge in [0.05, 0.1) is 18.3 Å². The zero-order valence-corrected chi connectivity index (χ0v) is 10.0. The van der Waals surface area contributed by atoms with E-state index in [9.17, 15) is 5.11 Å². The third-order valence-electron chi connectivity index (χ3n) is 4.08. The summed E-state index contributed by atoms with van der Waals surface area (Å²) in [5.74, 6) is 1.72. The molecule has 2 nitrogen and oxygen atoms in total. The van der Waals surface area contributed by atoms with Gasteiger partial charge in [-0.1, -0.05) is 13.8 Å². The molecule has 15 heavy (non-hydrogen) atoms. The number of rotatable bonds is 4. The lowest BCUT2D eigenvalue weighted by molar-refractivity contribution is -0.0417. The van der Waals surface area contributed by atoms with Crippen LogP contribution >= 0.6 is 0 Å². The summed E-state index contributed by atoms with van der Waals surface area (Å²) in [6, 6.07) is 0. The van der Waals surface area contributed by atoms with Gasteiger partial charge in [-0.15, -0.1) is 0 Å². The van der Waals surface area contributed by atoms with Crippen molar-refractivity contribution in [3.63, 3.8) is 0 Å². The average molecular weight is 212 g/mol. The molecule has 0 aromatic heterocycles. The van der Waals surface area contributed by atoms with Crippen LogP contribution in [0.5, 0.6) is 0 Å². The van der Waals surface area contributed by atoms with Crippen LogP contribution in [-0.4, -0.2) is 23.4 Å². The fourth-order valence-electron chi connectivity index (χ4n) is 2.48. The summed E-state index contributed by atoms with van der Waals surface area (Å²) in [7, 11) is 0. The highest BCUT2D eigenvalue weighted by Crippen LogP contribution is 2.37. The van der Waals surface area contributed by atoms with Crippen LogP contribution in [0.25, 0.3) is 0 Å². The molecule has 0 atom stereocenters. The molecule has 0 spiro atoms. The number of hydrogen-bond acceptors (Lipinski definition) is 2. The normalized spacial score (nSPS) is 34.4. The van der Waals surface area contributed by atoms with Gasteiger partial charge in [-0.2, -0.15) is 0 Å². The first-order valence-corrected chi connectivity index (χ1v) is 6.43. The Labute approximate surface area is 93.0 Å². The molecular formula is C13H24O2. The lowest BCUT2D eigenvalue weighted by Gasteiger charge is -2.31. The Morgan fingerprint density at radius 1 is 1.20 bits per heavy atom. The Bertz CT molecular complexity index is 201. The molecule has 2 saturated carbocycles. The van der Waals surface area contributed by atoms with Crippen molar-refractivity contribution in [2.24, 2.45) is 11.8 Å². The molecule has 0 amide bonds. The molecule has 2 rings (SSSR count). The van der Waals surface area contributed by atoms with Gasteiger partial charge in [0, 0.05) is 0 Å². The first kappa shape index (κ1) is 11.4. The van der Waals surface area contributed by atoms with Gasteiger partial charge in [0.1, 0.15) is 0 Å². The zero-order chi connectivity index (χ0) is 10.9. The first-order valence-electron chi connectivity index (χ1n) is 6.43. The fourth-order valence-corrected chi connectivity index (χ4v) is 2.48. The van der Waals surface area contributed by atoms with E-state index in [-0.39, 0.29) is 0 Å². The van der Waals surface area contributed by atoms with E-state index in [1.54, 1.807) is 0 Å². The van der Waals surface area contributed by atoms with Crippen LogP contribution in [0.1, 0.15) is 52.4 Å². The van der Waals surface area contributed by atoms with Crippen molar-refractivity contribution in [1.82, 2.24) is 0 Å². The predicted octanol–water partition coefficient (Wildman–Crippen LogP) is 2.74. The fraction of sp³-hybridized carbons (Fsp3) is 1.00. The zero-order valence-electron chi connectivity index (χ0n) is 10.0. The largest absolute Gasteiger partial charge is 0.387 e. The van der Waals surface area contributed by atoms with Crippen molar-refractivity contribution < 1.29 is 9.84 Å². The van der Waals surface area contributed by atoms with Crippen molar-refractivity contribution in [2.75, 3.05) is 6.61 Å². The maximum Gasteiger partial charge on any atom is 0.0882 e. The average Bonchev–Trinajstić information content (AvgIpc) is 2.95. The van der Waals surface area contributed by atoms with Gasteiger partial charge >= 0.3 is 0 Å². The van der Waals surface area contributed by atoms with Gasteiger partial charge in [-0.3, -0.25) is 0 Å². The molecule has 0 aromatic rings. The lowest BCUT2D eigenvalue weighted by Crippen LogP contribution is -2.28. The van der Waals surface area contributed by atoms with Crippen LogP contribution in [0.3, 0.4) is 0 Å². The smallest absolute Gasteiger partial charge is 0.0882 e. The van der Waals surface area contributed by atoms with Crippen molar-refractivity contribution in [1.29, 1.82) is 0 Å². The standard InChI is InChI=1S/C13H24O2/c1-10(2)11-3-5-12(6-4-11)15-9-13(14)7-8-13/h10-12,14H,3-9H2,1-2H3. The summed E-state index contributed by atoms with van der Waals surface area (Å²) in [5.41, 5.74) is -0.436. The van der Waals surface area contributed by atoms with Gasteiger partial charge < -0.3 is 9.84 Å². The minimum Gasteiger partial charge on any atom is -0.387 e. The van der Waals surface area contributed by atoms with Gasteiger partial charge in [0.25, 0.3) is 0 Å². The summed E-state index contributed by atoms with van der Waals surface area (Å²) >= 11 is 0. The van der Waals surface area contributed by atoms with E-state index >= 15 is 0 Å². The van der Waals surface area contributed by atoms with Crippen LogP contribution in [-0.2, 0) is 4.74 Å². The van der Waals surface area contributed by atoms with Crippen molar-refractivity contribution in [3.8, 4) is 0 Å². The molecule has 1 N–H and O–H groups in total. The van der Waals surface area contributed by atoms with Gasteiger partial charge in [-0.25, -0.2) is 0 Å². The van der Waals surface area contributed by atoms with Crippen LogP contribution in [0.15, 0.2) is 0 Å². The molecule has 0 saturated heterocycles. The summed E-state index contributed by atoms with van der Waals surface area (Å²) in [6.07, 6.45) is 7.30. The lowest BCUT2D eigenvalue weighted by atomic mass is 9.80. The predicted molar refractivity (Wildman–Crippen MR) is 60.7 cm³/mol. The van der Waals surface area contributed by atoms with Gasteiger partial charge in [0.15, 0.2) is 0 Å². The number of aliphatic hydroxyl groups is 1. The van der Waals surface area contributed by atoms with Crippen LogP contribution in [0.4, 0.5) is 0 Å². The maximum atomic E-state index is 9.67. The summed E-state index contributed by atoms with van der Waals surface area (Å²) in [6.45, 7) is 5.21. The van der Waals surface area contributed by atoms with E-state index in [0.717, 1.165) is 24.7 Å². The second-order valence-corrected chi connectivity index (χ2v) is 5.82. The molecule has 88 valence electrons. The van der Waals surface area contributed by atoms with Crippen LogP contribution in [0, 0.1) is 11.8 Å². The Morgan fingerprint density at radius 2 is 1.80 bits per heavy atom. The summed E-state index contributed by atoms with van der Waals surface area (Å²) in [5, 5.41) is 9.67. The van der Waals surface area contributed by atoms with Crippen molar-refractivity contribution >= 4 is 0 Å². The maximum absolute atomic E-state index is 9.67. The molecule has 2 fully saturated rings. The molecule has 0 bridgehead atoms. The quantitative estimate of drug-likeness (QED) is 0.776. The Balaban J connectivity index is 1.65. The summed E-state index contributed by atoms with van der Waals surface area (Å²) < 4.78 is 5.79. The SMILES string of the molecule is CC(C)C1CCC(OCC2(O)CC2)CC1. The van der Waals surface area contributed by atoms with Crippen molar-refractivity contribution in [2.45, 2.75) is 64.1 Å². The van der Waals surface area contributed by atoms with E-state index < -0.39 is 5.60 Å². The Kier molecular flexibility index (Phi) is 3.36. The van der Waals surface area contributed by atoms with E-state index in [4.69, 9.17) is 4.74 Å². The number of ether oxygens (including phenoxy) is 1. The van der Waals surface area contributed by atoms with E-state index in [0.29, 0.717) is 12.7 Å². The summed E-state index contributed by atoms with van der Waals surface area (Å²) in [4.78, 5) is 0. The van der Waals surface area contributed by atoms with Gasteiger partial charge in [-0.05, 0) is 50.4 Å². The highest BCUT2D eigenvalue weighted by Gasteiger charge is 2.41. The highest BCUT2D eigenvalue weighted by atomic mass is 16.5. The second kappa shape index (κ2) is 4.42. The topological polar surface area (TPSA) is 29.5 Å². The highest BCUT2D eigenvalue weighted by molar-refractivity contribution is 4.93. The molecule has 2 aliphatic carbocycles. The molecule has 0 heterocycles. The molecule has 2 aliphatic rings.